The van der Waals surface area contributed by atoms with Gasteiger partial charge in [-0.2, -0.15) is 5.26 Å². The number of pyridine rings is 1. The maximum absolute atomic E-state index is 13.1. The van der Waals surface area contributed by atoms with Gasteiger partial charge in [-0.1, -0.05) is 72.0 Å². The number of rotatable bonds is 5. The number of hydrogen-bond acceptors (Lipinski definition) is 6. The lowest BCUT2D eigenvalue weighted by molar-refractivity contribution is -0.120. The molecule has 0 saturated carbocycles. The third-order valence-electron chi connectivity index (χ3n) is 6.01. The van der Waals surface area contributed by atoms with Gasteiger partial charge in [0.25, 0.3) is 0 Å². The van der Waals surface area contributed by atoms with Crippen LogP contribution in [0.25, 0.3) is 21.7 Å². The fourth-order valence-electron chi connectivity index (χ4n) is 4.17. The molecule has 0 unspecified atom stereocenters. The Kier molecular flexibility index (Phi) is 6.32. The summed E-state index contributed by atoms with van der Waals surface area (Å²) in [6.07, 6.45) is 3.08. The van der Waals surface area contributed by atoms with Crippen LogP contribution in [0.3, 0.4) is 0 Å². The van der Waals surface area contributed by atoms with E-state index < -0.39 is 0 Å². The van der Waals surface area contributed by atoms with Crippen molar-refractivity contribution in [2.75, 3.05) is 23.3 Å². The summed E-state index contributed by atoms with van der Waals surface area (Å²) in [6, 6.07) is 26.0. The van der Waals surface area contributed by atoms with Gasteiger partial charge in [0.1, 0.15) is 11.9 Å². The van der Waals surface area contributed by atoms with E-state index in [1.54, 1.807) is 12.3 Å². The van der Waals surface area contributed by atoms with Crippen molar-refractivity contribution < 1.29 is 4.79 Å². The van der Waals surface area contributed by atoms with Crippen LogP contribution in [0.4, 0.5) is 10.9 Å². The van der Waals surface area contributed by atoms with Gasteiger partial charge in [-0.05, 0) is 30.5 Å². The van der Waals surface area contributed by atoms with Gasteiger partial charge < -0.3 is 10.2 Å². The van der Waals surface area contributed by atoms with Gasteiger partial charge in [-0.25, -0.2) is 9.97 Å². The maximum Gasteiger partial charge on any atom is 0.229 e. The summed E-state index contributed by atoms with van der Waals surface area (Å²) in [5, 5.41) is 12.7. The van der Waals surface area contributed by atoms with Crippen LogP contribution in [-0.2, 0) is 4.79 Å². The molecule has 6 nitrogen and oxygen atoms in total. The van der Waals surface area contributed by atoms with Gasteiger partial charge in [0, 0.05) is 30.8 Å². The van der Waals surface area contributed by atoms with Crippen LogP contribution in [0.1, 0.15) is 18.4 Å². The standard InChI is InChI=1S/C27H23N5OS/c28-17-19-11-12-23(29-18-19)32-15-13-22(14-16-32)26(33)31-27-30-24(20-7-3-1-4-8-20)25(34-27)21-9-5-2-6-10-21/h1-12,18,22H,13-16H2,(H,30,31,33). The van der Waals surface area contributed by atoms with Crippen LogP contribution in [-0.4, -0.2) is 29.0 Å². The minimum atomic E-state index is -0.0705. The lowest BCUT2D eigenvalue weighted by Gasteiger charge is -2.31. The molecule has 4 aromatic rings. The minimum absolute atomic E-state index is 0.0143. The molecule has 7 heteroatoms. The second kappa shape index (κ2) is 9.86. The molecule has 5 rings (SSSR count). The highest BCUT2D eigenvalue weighted by Crippen LogP contribution is 2.39. The predicted octanol–water partition coefficient (Wildman–Crippen LogP) is 5.60. The summed E-state index contributed by atoms with van der Waals surface area (Å²) in [4.78, 5) is 25.5. The zero-order chi connectivity index (χ0) is 23.3. The van der Waals surface area contributed by atoms with Gasteiger partial charge in [-0.15, -0.1) is 0 Å². The van der Waals surface area contributed by atoms with Crippen molar-refractivity contribution in [2.45, 2.75) is 12.8 Å². The van der Waals surface area contributed by atoms with Crippen molar-refractivity contribution in [1.29, 1.82) is 5.26 Å². The van der Waals surface area contributed by atoms with E-state index in [9.17, 15) is 4.79 Å². The molecule has 1 aliphatic heterocycles. The summed E-state index contributed by atoms with van der Waals surface area (Å²) < 4.78 is 0. The highest BCUT2D eigenvalue weighted by atomic mass is 32.1. The van der Waals surface area contributed by atoms with Crippen LogP contribution in [0, 0.1) is 17.2 Å². The van der Waals surface area contributed by atoms with Gasteiger partial charge in [-0.3, -0.25) is 4.79 Å². The van der Waals surface area contributed by atoms with Gasteiger partial charge in [0.05, 0.1) is 16.1 Å². The van der Waals surface area contributed by atoms with Gasteiger partial charge in [0.15, 0.2) is 5.13 Å². The van der Waals surface area contributed by atoms with E-state index in [-0.39, 0.29) is 11.8 Å². The van der Waals surface area contributed by atoms with E-state index in [0.717, 1.165) is 53.4 Å². The van der Waals surface area contributed by atoms with E-state index in [4.69, 9.17) is 10.2 Å². The summed E-state index contributed by atoms with van der Waals surface area (Å²) in [7, 11) is 0. The first-order valence-corrected chi connectivity index (χ1v) is 12.1. The minimum Gasteiger partial charge on any atom is -0.357 e. The zero-order valence-electron chi connectivity index (χ0n) is 18.5. The first kappa shape index (κ1) is 21.8. The van der Waals surface area contributed by atoms with Gasteiger partial charge in [0.2, 0.25) is 5.91 Å². The second-order valence-corrected chi connectivity index (χ2v) is 9.20. The second-order valence-electron chi connectivity index (χ2n) is 8.20. The van der Waals surface area contributed by atoms with E-state index in [0.29, 0.717) is 10.7 Å². The number of nitriles is 1. The van der Waals surface area contributed by atoms with Crippen LogP contribution in [0.15, 0.2) is 79.0 Å². The lowest BCUT2D eigenvalue weighted by atomic mass is 9.96. The molecule has 1 saturated heterocycles. The molecule has 0 radical (unpaired) electrons. The summed E-state index contributed by atoms with van der Waals surface area (Å²) in [5.41, 5.74) is 3.55. The summed E-state index contributed by atoms with van der Waals surface area (Å²) in [5.74, 6) is 0.789. The van der Waals surface area contributed by atoms with Crippen LogP contribution < -0.4 is 10.2 Å². The van der Waals surface area contributed by atoms with E-state index in [1.807, 2.05) is 54.6 Å². The molecule has 1 fully saturated rings. The monoisotopic (exact) mass is 465 g/mol. The van der Waals surface area contributed by atoms with Crippen molar-refractivity contribution in [3.05, 3.63) is 84.6 Å². The number of thiazole rings is 1. The average molecular weight is 466 g/mol. The predicted molar refractivity (Wildman–Crippen MR) is 136 cm³/mol. The van der Waals surface area contributed by atoms with Gasteiger partial charge >= 0.3 is 0 Å². The molecule has 1 aliphatic rings. The zero-order valence-corrected chi connectivity index (χ0v) is 19.3. The molecular weight excluding hydrogens is 442 g/mol. The number of carbonyl (C=O) groups excluding carboxylic acids is 1. The van der Waals surface area contributed by atoms with Crippen LogP contribution in [0.5, 0.6) is 0 Å². The molecule has 3 heterocycles. The molecule has 1 amide bonds. The molecule has 0 bridgehead atoms. The molecule has 0 aliphatic carbocycles. The highest BCUT2D eigenvalue weighted by molar-refractivity contribution is 7.19. The SMILES string of the molecule is N#Cc1ccc(N2CCC(C(=O)Nc3nc(-c4ccccc4)c(-c4ccccc4)s3)CC2)nc1. The number of anilines is 2. The van der Waals surface area contributed by atoms with Crippen molar-refractivity contribution in [3.8, 4) is 27.8 Å². The normalized spacial score (nSPS) is 13.9. The number of carbonyl (C=O) groups is 1. The molecule has 0 spiro atoms. The molecule has 34 heavy (non-hydrogen) atoms. The highest BCUT2D eigenvalue weighted by Gasteiger charge is 2.27. The van der Waals surface area contributed by atoms with E-state index in [1.165, 1.54) is 11.3 Å². The number of hydrogen-bond donors (Lipinski definition) is 1. The molecule has 0 atom stereocenters. The number of benzene rings is 2. The Morgan fingerprint density at radius 2 is 1.65 bits per heavy atom. The number of piperidine rings is 1. The fraction of sp³-hybridized carbons (Fsp3) is 0.185. The van der Waals surface area contributed by atoms with Crippen molar-refractivity contribution >= 4 is 28.2 Å². The fourth-order valence-corrected chi connectivity index (χ4v) is 5.16. The quantitative estimate of drug-likeness (QED) is 0.415. The van der Waals surface area contributed by atoms with Crippen molar-refractivity contribution in [1.82, 2.24) is 9.97 Å². The Morgan fingerprint density at radius 1 is 0.971 bits per heavy atom. The van der Waals surface area contributed by atoms with E-state index >= 15 is 0 Å². The van der Waals surface area contributed by atoms with E-state index in [2.05, 4.69) is 33.4 Å². The Labute approximate surface area is 202 Å². The number of amides is 1. The maximum atomic E-state index is 13.1. The Bertz CT molecular complexity index is 1250. The number of nitrogens with one attached hydrogen (secondary N) is 1. The molecule has 1 N–H and O–H groups in total. The average Bonchev–Trinajstić information content (AvgIpc) is 3.33. The molecule has 2 aromatic carbocycles. The van der Waals surface area contributed by atoms with Crippen LogP contribution in [0.2, 0.25) is 0 Å². The van der Waals surface area contributed by atoms with Crippen LogP contribution >= 0.6 is 11.3 Å². The summed E-state index contributed by atoms with van der Waals surface area (Å²) >= 11 is 1.51. The van der Waals surface area contributed by atoms with Crippen molar-refractivity contribution in [2.24, 2.45) is 5.92 Å². The summed E-state index contributed by atoms with van der Waals surface area (Å²) in [6.45, 7) is 1.50. The molecule has 2 aromatic heterocycles. The lowest BCUT2D eigenvalue weighted by Crippen LogP contribution is -2.38. The molecular formula is C27H23N5OS. The molecule has 168 valence electrons. The first-order chi connectivity index (χ1) is 16.7. The number of aromatic nitrogens is 2. The Morgan fingerprint density at radius 3 is 2.26 bits per heavy atom. The third-order valence-corrected chi connectivity index (χ3v) is 7.03. The first-order valence-electron chi connectivity index (χ1n) is 11.2. The smallest absolute Gasteiger partial charge is 0.229 e. The number of nitrogens with zero attached hydrogens (tertiary/aromatic N) is 4. The largest absolute Gasteiger partial charge is 0.357 e. The Hall–Kier alpha value is -4.02. The third kappa shape index (κ3) is 4.68. The van der Waals surface area contributed by atoms with Crippen molar-refractivity contribution in [3.63, 3.8) is 0 Å². The Balaban J connectivity index is 1.29. The topological polar surface area (TPSA) is 81.9 Å².